The highest BCUT2D eigenvalue weighted by atomic mass is 16.2. The second-order valence-corrected chi connectivity index (χ2v) is 8.88. The van der Waals surface area contributed by atoms with Crippen LogP contribution in [0.4, 0.5) is 0 Å². The van der Waals surface area contributed by atoms with Gasteiger partial charge in [0.25, 0.3) is 0 Å². The summed E-state index contributed by atoms with van der Waals surface area (Å²) in [7, 11) is 0. The van der Waals surface area contributed by atoms with Crippen molar-refractivity contribution in [3.8, 4) is 0 Å². The minimum atomic E-state index is 0.105. The number of hydrogen-bond donors (Lipinski definition) is 2. The quantitative estimate of drug-likeness (QED) is 0.595. The van der Waals surface area contributed by atoms with Crippen LogP contribution in [0, 0.1) is 10.8 Å². The van der Waals surface area contributed by atoms with E-state index >= 15 is 0 Å². The molecule has 2 amide bonds. The Kier molecular flexibility index (Phi) is 10.2. The third-order valence-corrected chi connectivity index (χ3v) is 3.68. The van der Waals surface area contributed by atoms with E-state index in [-0.39, 0.29) is 17.2 Å². The van der Waals surface area contributed by atoms with Crippen molar-refractivity contribution in [2.24, 2.45) is 10.8 Å². The summed E-state index contributed by atoms with van der Waals surface area (Å²) in [5.74, 6) is 0.228. The summed E-state index contributed by atoms with van der Waals surface area (Å²) >= 11 is 0. The number of nitrogens with one attached hydrogen (secondary N) is 2. The van der Waals surface area contributed by atoms with Crippen molar-refractivity contribution in [1.29, 1.82) is 0 Å². The molecule has 2 N–H and O–H groups in total. The Morgan fingerprint density at radius 2 is 1.13 bits per heavy atom. The van der Waals surface area contributed by atoms with Crippen molar-refractivity contribution in [3.63, 3.8) is 0 Å². The van der Waals surface area contributed by atoms with Crippen LogP contribution in [0.15, 0.2) is 0 Å². The number of carbonyl (C=O) groups is 2. The predicted molar refractivity (Wildman–Crippen MR) is 97.2 cm³/mol. The number of rotatable bonds is 10. The Morgan fingerprint density at radius 3 is 1.61 bits per heavy atom. The van der Waals surface area contributed by atoms with Crippen LogP contribution in [-0.2, 0) is 9.59 Å². The molecule has 0 unspecified atom stereocenters. The van der Waals surface area contributed by atoms with E-state index in [0.717, 1.165) is 32.1 Å². The normalized spacial score (nSPS) is 12.1. The van der Waals surface area contributed by atoms with Gasteiger partial charge in [0.1, 0.15) is 0 Å². The third-order valence-electron chi connectivity index (χ3n) is 3.68. The second-order valence-electron chi connectivity index (χ2n) is 8.88. The van der Waals surface area contributed by atoms with Gasteiger partial charge < -0.3 is 10.6 Å². The summed E-state index contributed by atoms with van der Waals surface area (Å²) in [4.78, 5) is 23.3. The number of hydrogen-bond acceptors (Lipinski definition) is 2. The van der Waals surface area contributed by atoms with Crippen LogP contribution < -0.4 is 10.6 Å². The van der Waals surface area contributed by atoms with E-state index in [1.54, 1.807) is 0 Å². The van der Waals surface area contributed by atoms with Crippen LogP contribution in [0.2, 0.25) is 0 Å². The third kappa shape index (κ3) is 17.1. The average Bonchev–Trinajstić information content (AvgIpc) is 2.39. The van der Waals surface area contributed by atoms with E-state index in [2.05, 4.69) is 52.2 Å². The molecule has 0 bridgehead atoms. The Labute approximate surface area is 143 Å². The van der Waals surface area contributed by atoms with E-state index in [0.29, 0.717) is 31.3 Å². The molecule has 0 rings (SSSR count). The predicted octanol–water partition coefficient (Wildman–Crippen LogP) is 4.04. The molecule has 0 spiro atoms. The lowest BCUT2D eigenvalue weighted by atomic mass is 9.89. The van der Waals surface area contributed by atoms with Gasteiger partial charge in [0.2, 0.25) is 11.8 Å². The van der Waals surface area contributed by atoms with Gasteiger partial charge in [-0.2, -0.15) is 0 Å². The van der Waals surface area contributed by atoms with Gasteiger partial charge in [-0.1, -0.05) is 48.0 Å². The van der Waals surface area contributed by atoms with E-state index in [9.17, 15) is 9.59 Å². The lowest BCUT2D eigenvalue weighted by Gasteiger charge is -2.17. The molecule has 4 heteroatoms. The fraction of sp³-hybridized carbons (Fsp3) is 0.895. The van der Waals surface area contributed by atoms with Crippen LogP contribution in [0.3, 0.4) is 0 Å². The Hall–Kier alpha value is -1.06. The number of carbonyl (C=O) groups excluding carboxylic acids is 2. The number of amides is 2. The highest BCUT2D eigenvalue weighted by molar-refractivity contribution is 5.76. The molecule has 0 fully saturated rings. The van der Waals surface area contributed by atoms with Crippen LogP contribution >= 0.6 is 0 Å². The van der Waals surface area contributed by atoms with Gasteiger partial charge in [-0.15, -0.1) is 0 Å². The first-order valence-electron chi connectivity index (χ1n) is 9.03. The minimum Gasteiger partial charge on any atom is -0.356 e. The van der Waals surface area contributed by atoms with Gasteiger partial charge >= 0.3 is 0 Å². The van der Waals surface area contributed by atoms with E-state index < -0.39 is 0 Å². The summed E-state index contributed by atoms with van der Waals surface area (Å²) in [5, 5.41) is 5.83. The Balaban J connectivity index is 3.50. The van der Waals surface area contributed by atoms with Crippen molar-refractivity contribution >= 4 is 11.8 Å². The van der Waals surface area contributed by atoms with Gasteiger partial charge in [-0.05, 0) is 36.5 Å². The lowest BCUT2D eigenvalue weighted by molar-refractivity contribution is -0.121. The van der Waals surface area contributed by atoms with Gasteiger partial charge in [-0.25, -0.2) is 0 Å². The zero-order valence-electron chi connectivity index (χ0n) is 16.2. The maximum Gasteiger partial charge on any atom is 0.220 e. The Morgan fingerprint density at radius 1 is 0.652 bits per heavy atom. The molecule has 0 aliphatic carbocycles. The number of unbranched alkanes of at least 4 members (excludes halogenated alkanes) is 1. The molecule has 0 aromatic carbocycles. The van der Waals surface area contributed by atoms with Crippen molar-refractivity contribution < 1.29 is 9.59 Å². The molecule has 0 aromatic heterocycles. The topological polar surface area (TPSA) is 58.2 Å². The summed E-state index contributed by atoms with van der Waals surface area (Å²) in [6, 6.07) is 0. The van der Waals surface area contributed by atoms with Gasteiger partial charge in [-0.3, -0.25) is 9.59 Å². The van der Waals surface area contributed by atoms with E-state index in [1.807, 2.05) is 0 Å². The van der Waals surface area contributed by atoms with Crippen LogP contribution in [-0.4, -0.2) is 24.9 Å². The summed E-state index contributed by atoms with van der Waals surface area (Å²) in [6.07, 6.45) is 6.06. The zero-order valence-corrected chi connectivity index (χ0v) is 16.2. The van der Waals surface area contributed by atoms with Crippen LogP contribution in [0.25, 0.3) is 0 Å². The lowest BCUT2D eigenvalue weighted by Crippen LogP contribution is -2.30. The van der Waals surface area contributed by atoms with Crippen LogP contribution in [0.5, 0.6) is 0 Å². The average molecular weight is 327 g/mol. The molecular weight excluding hydrogens is 288 g/mol. The van der Waals surface area contributed by atoms with Gasteiger partial charge in [0.15, 0.2) is 0 Å². The van der Waals surface area contributed by atoms with Crippen molar-refractivity contribution in [2.45, 2.75) is 86.5 Å². The molecule has 0 atom stereocenters. The van der Waals surface area contributed by atoms with E-state index in [1.165, 1.54) is 0 Å². The van der Waals surface area contributed by atoms with Gasteiger partial charge in [0.05, 0.1) is 0 Å². The molecule has 0 saturated carbocycles. The van der Waals surface area contributed by atoms with Crippen molar-refractivity contribution in [2.75, 3.05) is 13.1 Å². The molecule has 23 heavy (non-hydrogen) atoms. The van der Waals surface area contributed by atoms with E-state index in [4.69, 9.17) is 0 Å². The fourth-order valence-electron chi connectivity index (χ4n) is 2.15. The highest BCUT2D eigenvalue weighted by Gasteiger charge is 2.12. The first-order valence-corrected chi connectivity index (χ1v) is 9.03. The summed E-state index contributed by atoms with van der Waals surface area (Å²) < 4.78 is 0. The molecule has 0 aromatic rings. The van der Waals surface area contributed by atoms with Crippen molar-refractivity contribution in [1.82, 2.24) is 10.6 Å². The maximum absolute atomic E-state index is 11.7. The molecule has 0 saturated heterocycles. The summed E-state index contributed by atoms with van der Waals surface area (Å²) in [6.45, 7) is 14.4. The van der Waals surface area contributed by atoms with Crippen LogP contribution in [0.1, 0.15) is 86.5 Å². The minimum absolute atomic E-state index is 0.105. The fourth-order valence-corrected chi connectivity index (χ4v) is 2.15. The molecular formula is C19H38N2O2. The Bertz CT molecular complexity index is 351. The molecule has 0 radical (unpaired) electrons. The second kappa shape index (κ2) is 10.7. The zero-order chi connectivity index (χ0) is 17.9. The SMILES string of the molecule is CC(C)(C)CCCCC(=O)NCCCNC(=O)CCC(C)(C)C. The first kappa shape index (κ1) is 21.9. The largest absolute Gasteiger partial charge is 0.356 e. The maximum atomic E-state index is 11.7. The molecule has 0 aliphatic rings. The molecule has 4 nitrogen and oxygen atoms in total. The molecule has 136 valence electrons. The highest BCUT2D eigenvalue weighted by Crippen LogP contribution is 2.22. The molecule has 0 heterocycles. The summed E-state index contributed by atoms with van der Waals surface area (Å²) in [5.41, 5.74) is 0.542. The van der Waals surface area contributed by atoms with Gasteiger partial charge in [0, 0.05) is 25.9 Å². The monoisotopic (exact) mass is 326 g/mol. The first-order chi connectivity index (χ1) is 10.5. The smallest absolute Gasteiger partial charge is 0.220 e. The molecule has 0 aliphatic heterocycles. The van der Waals surface area contributed by atoms with Crippen molar-refractivity contribution in [3.05, 3.63) is 0 Å². The standard InChI is InChI=1S/C19H38N2O2/c1-18(2,3)12-8-7-10-16(22)20-14-9-15-21-17(23)11-13-19(4,5)6/h7-15H2,1-6H3,(H,20,22)(H,21,23).